The van der Waals surface area contributed by atoms with Crippen molar-refractivity contribution in [1.29, 1.82) is 0 Å². The maximum Gasteiger partial charge on any atom is 0.140 e. The SMILES string of the molecule is CC1COC(CO)CN1c1ncnc(Cl)c1CO. The molecule has 0 radical (unpaired) electrons. The first-order valence-electron chi connectivity index (χ1n) is 5.76. The van der Waals surface area contributed by atoms with Crippen LogP contribution in [0.3, 0.4) is 0 Å². The third-order valence-electron chi connectivity index (χ3n) is 3.01. The molecule has 6 nitrogen and oxygen atoms in total. The summed E-state index contributed by atoms with van der Waals surface area (Å²) in [5, 5.41) is 18.8. The summed E-state index contributed by atoms with van der Waals surface area (Å²) in [4.78, 5) is 10.0. The molecule has 1 saturated heterocycles. The van der Waals surface area contributed by atoms with Gasteiger partial charge in [-0.2, -0.15) is 0 Å². The summed E-state index contributed by atoms with van der Waals surface area (Å²) in [6.07, 6.45) is 1.12. The topological polar surface area (TPSA) is 78.7 Å². The molecule has 2 rings (SSSR count). The van der Waals surface area contributed by atoms with E-state index in [1.165, 1.54) is 6.33 Å². The zero-order valence-corrected chi connectivity index (χ0v) is 10.8. The smallest absolute Gasteiger partial charge is 0.140 e. The molecule has 0 bridgehead atoms. The van der Waals surface area contributed by atoms with Gasteiger partial charge in [-0.3, -0.25) is 0 Å². The largest absolute Gasteiger partial charge is 0.394 e. The van der Waals surface area contributed by atoms with Gasteiger partial charge in [0.1, 0.15) is 17.3 Å². The summed E-state index contributed by atoms with van der Waals surface area (Å²) >= 11 is 5.95. The van der Waals surface area contributed by atoms with E-state index < -0.39 is 0 Å². The molecule has 0 spiro atoms. The molecule has 2 unspecified atom stereocenters. The molecule has 1 aliphatic heterocycles. The van der Waals surface area contributed by atoms with Crippen molar-refractivity contribution in [2.45, 2.75) is 25.7 Å². The van der Waals surface area contributed by atoms with E-state index in [1.54, 1.807) is 0 Å². The van der Waals surface area contributed by atoms with Gasteiger partial charge < -0.3 is 19.8 Å². The van der Waals surface area contributed by atoms with Gasteiger partial charge in [0.05, 0.1) is 37.5 Å². The third kappa shape index (κ3) is 2.56. The van der Waals surface area contributed by atoms with Crippen LogP contribution < -0.4 is 4.90 Å². The van der Waals surface area contributed by atoms with Crippen molar-refractivity contribution in [3.05, 3.63) is 17.0 Å². The lowest BCUT2D eigenvalue weighted by atomic mass is 10.1. The van der Waals surface area contributed by atoms with E-state index in [9.17, 15) is 5.11 Å². The van der Waals surface area contributed by atoms with Crippen LogP contribution in [0, 0.1) is 0 Å². The lowest BCUT2D eigenvalue weighted by Gasteiger charge is -2.38. The summed E-state index contributed by atoms with van der Waals surface area (Å²) in [5.74, 6) is 0.603. The molecule has 18 heavy (non-hydrogen) atoms. The van der Waals surface area contributed by atoms with Crippen LogP contribution in [0.15, 0.2) is 6.33 Å². The number of anilines is 1. The summed E-state index contributed by atoms with van der Waals surface area (Å²) < 4.78 is 5.46. The number of ether oxygens (including phenoxy) is 1. The van der Waals surface area contributed by atoms with Crippen molar-refractivity contribution in [2.24, 2.45) is 0 Å². The van der Waals surface area contributed by atoms with Gasteiger partial charge in [-0.25, -0.2) is 9.97 Å². The molecule has 1 aliphatic rings. The summed E-state index contributed by atoms with van der Waals surface area (Å²) in [6, 6.07) is 0.101. The zero-order chi connectivity index (χ0) is 13.1. The molecule has 0 amide bonds. The molecule has 0 aromatic carbocycles. The summed E-state index contributed by atoms with van der Waals surface area (Å²) in [6.45, 7) is 2.74. The summed E-state index contributed by atoms with van der Waals surface area (Å²) in [5.41, 5.74) is 0.504. The maximum atomic E-state index is 9.37. The fourth-order valence-corrected chi connectivity index (χ4v) is 2.18. The average molecular weight is 274 g/mol. The number of aliphatic hydroxyl groups excluding tert-OH is 2. The Morgan fingerprint density at radius 1 is 1.50 bits per heavy atom. The highest BCUT2D eigenvalue weighted by Crippen LogP contribution is 2.27. The molecule has 2 heterocycles. The Morgan fingerprint density at radius 3 is 2.94 bits per heavy atom. The van der Waals surface area contributed by atoms with E-state index in [4.69, 9.17) is 21.4 Å². The van der Waals surface area contributed by atoms with Crippen LogP contribution in [0.1, 0.15) is 12.5 Å². The van der Waals surface area contributed by atoms with E-state index in [0.29, 0.717) is 24.5 Å². The van der Waals surface area contributed by atoms with E-state index in [-0.39, 0.29) is 30.5 Å². The Balaban J connectivity index is 2.31. The second kappa shape index (κ2) is 5.79. The minimum atomic E-state index is -0.249. The Kier molecular flexibility index (Phi) is 4.34. The summed E-state index contributed by atoms with van der Waals surface area (Å²) in [7, 11) is 0. The lowest BCUT2D eigenvalue weighted by molar-refractivity contribution is -0.0106. The van der Waals surface area contributed by atoms with Crippen molar-refractivity contribution < 1.29 is 14.9 Å². The Labute approximate surface area is 110 Å². The molecule has 2 N–H and O–H groups in total. The van der Waals surface area contributed by atoms with Crippen molar-refractivity contribution in [2.75, 3.05) is 24.7 Å². The number of morpholine rings is 1. The van der Waals surface area contributed by atoms with Crippen LogP contribution in [0.2, 0.25) is 5.15 Å². The van der Waals surface area contributed by atoms with Crippen LogP contribution in [0.25, 0.3) is 0 Å². The van der Waals surface area contributed by atoms with Gasteiger partial charge in [-0.1, -0.05) is 11.6 Å². The first kappa shape index (κ1) is 13.5. The number of aromatic nitrogens is 2. The van der Waals surface area contributed by atoms with Crippen molar-refractivity contribution in [3.63, 3.8) is 0 Å². The van der Waals surface area contributed by atoms with E-state index in [0.717, 1.165) is 0 Å². The molecule has 7 heteroatoms. The van der Waals surface area contributed by atoms with E-state index in [1.807, 2.05) is 11.8 Å². The van der Waals surface area contributed by atoms with Gasteiger partial charge in [-0.05, 0) is 6.92 Å². The molecular weight excluding hydrogens is 258 g/mol. The minimum absolute atomic E-state index is 0.0451. The van der Waals surface area contributed by atoms with Crippen LogP contribution in [-0.4, -0.2) is 52.1 Å². The van der Waals surface area contributed by atoms with Gasteiger partial charge >= 0.3 is 0 Å². The van der Waals surface area contributed by atoms with Crippen LogP contribution in [0.5, 0.6) is 0 Å². The number of hydrogen-bond donors (Lipinski definition) is 2. The number of halogens is 1. The van der Waals surface area contributed by atoms with Crippen LogP contribution >= 0.6 is 11.6 Å². The fourth-order valence-electron chi connectivity index (χ4n) is 1.99. The van der Waals surface area contributed by atoms with Crippen LogP contribution in [-0.2, 0) is 11.3 Å². The Hall–Kier alpha value is -0.950. The van der Waals surface area contributed by atoms with Gasteiger partial charge in [0.25, 0.3) is 0 Å². The lowest BCUT2D eigenvalue weighted by Crippen LogP contribution is -2.50. The number of hydrogen-bond acceptors (Lipinski definition) is 6. The van der Waals surface area contributed by atoms with Crippen molar-refractivity contribution in [3.8, 4) is 0 Å². The van der Waals surface area contributed by atoms with Crippen molar-refractivity contribution in [1.82, 2.24) is 9.97 Å². The van der Waals surface area contributed by atoms with Crippen molar-refractivity contribution >= 4 is 17.4 Å². The highest BCUT2D eigenvalue weighted by Gasteiger charge is 2.28. The highest BCUT2D eigenvalue weighted by molar-refractivity contribution is 6.30. The minimum Gasteiger partial charge on any atom is -0.394 e. The standard InChI is InChI=1S/C11H16ClN3O3/c1-7-5-18-8(3-16)2-15(7)11-9(4-17)10(12)13-6-14-11/h6-8,16-17H,2-5H2,1H3. The number of nitrogens with zero attached hydrogens (tertiary/aromatic N) is 3. The first-order valence-corrected chi connectivity index (χ1v) is 6.14. The quantitative estimate of drug-likeness (QED) is 0.767. The van der Waals surface area contributed by atoms with Gasteiger partial charge in [0, 0.05) is 6.54 Å². The molecule has 0 aliphatic carbocycles. The maximum absolute atomic E-state index is 9.37. The van der Waals surface area contributed by atoms with E-state index in [2.05, 4.69) is 9.97 Å². The number of rotatable bonds is 3. The Bertz CT molecular complexity index is 419. The second-order valence-corrected chi connectivity index (χ2v) is 4.62. The van der Waals surface area contributed by atoms with Gasteiger partial charge in [0.15, 0.2) is 0 Å². The predicted molar refractivity (Wildman–Crippen MR) is 66.6 cm³/mol. The fraction of sp³-hybridized carbons (Fsp3) is 0.636. The average Bonchev–Trinajstić information content (AvgIpc) is 2.39. The van der Waals surface area contributed by atoms with Crippen LogP contribution in [0.4, 0.5) is 5.82 Å². The normalized spacial score (nSPS) is 24.3. The first-order chi connectivity index (χ1) is 8.67. The predicted octanol–water partition coefficient (Wildman–Crippen LogP) is 0.208. The van der Waals surface area contributed by atoms with Gasteiger partial charge in [-0.15, -0.1) is 0 Å². The van der Waals surface area contributed by atoms with Gasteiger partial charge in [0.2, 0.25) is 0 Å². The molecule has 1 aromatic rings. The molecule has 2 atom stereocenters. The molecular formula is C11H16ClN3O3. The monoisotopic (exact) mass is 273 g/mol. The zero-order valence-electron chi connectivity index (χ0n) is 10.1. The molecule has 1 fully saturated rings. The Morgan fingerprint density at radius 2 is 2.28 bits per heavy atom. The highest BCUT2D eigenvalue weighted by atomic mass is 35.5. The second-order valence-electron chi connectivity index (χ2n) is 4.26. The third-order valence-corrected chi connectivity index (χ3v) is 3.34. The molecule has 1 aromatic heterocycles. The van der Waals surface area contributed by atoms with E-state index >= 15 is 0 Å². The molecule has 0 saturated carbocycles. The number of aliphatic hydroxyl groups is 2. The molecule has 100 valence electrons.